The van der Waals surface area contributed by atoms with Crippen LogP contribution in [0.2, 0.25) is 0 Å². The predicted octanol–water partition coefficient (Wildman–Crippen LogP) is 20.3. The van der Waals surface area contributed by atoms with Crippen molar-refractivity contribution in [3.63, 3.8) is 0 Å². The van der Waals surface area contributed by atoms with Gasteiger partial charge in [-0.3, -0.25) is 14.4 Å². The molecule has 0 heterocycles. The molecule has 0 N–H and O–H groups in total. The van der Waals surface area contributed by atoms with Crippen molar-refractivity contribution in [2.45, 2.75) is 297 Å². The molecule has 0 aliphatic heterocycles. The van der Waals surface area contributed by atoms with E-state index in [9.17, 15) is 14.4 Å². The maximum absolute atomic E-state index is 12.9. The Bertz CT molecular complexity index is 1370. The van der Waals surface area contributed by atoms with Gasteiger partial charge < -0.3 is 14.2 Å². The largest absolute Gasteiger partial charge is 0.462 e. The summed E-state index contributed by atoms with van der Waals surface area (Å²) in [5, 5.41) is 0. The second kappa shape index (κ2) is 59.2. The molecule has 0 aromatic carbocycles. The number of esters is 3. The molecule has 0 aromatic heterocycles. The van der Waals surface area contributed by atoms with E-state index in [0.29, 0.717) is 19.3 Å². The molecule has 0 saturated heterocycles. The summed E-state index contributed by atoms with van der Waals surface area (Å²) in [7, 11) is 0. The molecule has 0 bridgehead atoms. The van der Waals surface area contributed by atoms with E-state index in [1.807, 2.05) is 0 Å². The molecule has 6 heteroatoms. The van der Waals surface area contributed by atoms with Crippen LogP contribution < -0.4 is 0 Å². The van der Waals surface area contributed by atoms with Crippen LogP contribution in [0.3, 0.4) is 0 Å². The van der Waals surface area contributed by atoms with Crippen LogP contribution >= 0.6 is 0 Å². The number of rotatable bonds is 54. The van der Waals surface area contributed by atoms with Crippen LogP contribution in [0.5, 0.6) is 0 Å². The van der Waals surface area contributed by atoms with Crippen molar-refractivity contribution >= 4 is 17.9 Å². The van der Waals surface area contributed by atoms with Crippen molar-refractivity contribution in [1.29, 1.82) is 0 Å². The van der Waals surface area contributed by atoms with E-state index in [1.165, 1.54) is 141 Å². The molecule has 0 radical (unpaired) electrons. The lowest BCUT2D eigenvalue weighted by Gasteiger charge is -2.18. The third kappa shape index (κ3) is 57.4. The molecule has 71 heavy (non-hydrogen) atoms. The predicted molar refractivity (Wildman–Crippen MR) is 307 cm³/mol. The van der Waals surface area contributed by atoms with Gasteiger partial charge in [0.05, 0.1) is 0 Å². The SMILES string of the molecule is CCCCC/C=C/C/C=C/C/C=C/C/C=C/CCCCCC(=O)OC[C@@H](COC(=O)CCCCCCC/C=C/C/C=C/CCCCC)OC(=O)CCCCCCCCCCC/C=C/CCCCCCCC. The maximum Gasteiger partial charge on any atom is 0.306 e. The molecule has 0 aromatic rings. The molecule has 0 spiro atoms. The van der Waals surface area contributed by atoms with Crippen molar-refractivity contribution in [1.82, 2.24) is 0 Å². The Morgan fingerprint density at radius 3 is 0.845 bits per heavy atom. The van der Waals surface area contributed by atoms with Gasteiger partial charge in [-0.25, -0.2) is 0 Å². The van der Waals surface area contributed by atoms with Gasteiger partial charge in [-0.05, 0) is 122 Å². The number of unbranched alkanes of at least 4 members (excludes halogenated alkanes) is 29. The van der Waals surface area contributed by atoms with Gasteiger partial charge in [0.15, 0.2) is 6.10 Å². The lowest BCUT2D eigenvalue weighted by molar-refractivity contribution is -0.167. The van der Waals surface area contributed by atoms with Crippen molar-refractivity contribution in [3.05, 3.63) is 85.1 Å². The van der Waals surface area contributed by atoms with E-state index in [4.69, 9.17) is 14.2 Å². The van der Waals surface area contributed by atoms with E-state index in [-0.39, 0.29) is 31.1 Å². The van der Waals surface area contributed by atoms with Crippen LogP contribution in [0.1, 0.15) is 290 Å². The van der Waals surface area contributed by atoms with Crippen molar-refractivity contribution in [2.75, 3.05) is 13.2 Å². The van der Waals surface area contributed by atoms with Crippen LogP contribution in [-0.4, -0.2) is 37.2 Å². The number of allylic oxidation sites excluding steroid dienone is 14. The smallest absolute Gasteiger partial charge is 0.306 e. The lowest BCUT2D eigenvalue weighted by Crippen LogP contribution is -2.30. The first-order chi connectivity index (χ1) is 35.0. The Kier molecular flexibility index (Phi) is 56.3. The second-order valence-corrected chi connectivity index (χ2v) is 19.9. The van der Waals surface area contributed by atoms with Gasteiger partial charge in [-0.2, -0.15) is 0 Å². The van der Waals surface area contributed by atoms with Crippen LogP contribution in [-0.2, 0) is 28.6 Å². The Labute approximate surface area is 439 Å². The van der Waals surface area contributed by atoms with E-state index < -0.39 is 6.10 Å². The van der Waals surface area contributed by atoms with E-state index in [0.717, 1.165) is 109 Å². The Morgan fingerprint density at radius 2 is 0.507 bits per heavy atom. The molecule has 0 aliphatic carbocycles. The fraction of sp³-hybridized carbons (Fsp3) is 0.738. The van der Waals surface area contributed by atoms with Gasteiger partial charge in [0.2, 0.25) is 0 Å². The number of ether oxygens (including phenoxy) is 3. The molecule has 6 nitrogen and oxygen atoms in total. The highest BCUT2D eigenvalue weighted by Crippen LogP contribution is 2.15. The molecule has 0 saturated carbocycles. The van der Waals surface area contributed by atoms with Crippen molar-refractivity contribution in [3.8, 4) is 0 Å². The molecular weight excluding hydrogens is 877 g/mol. The summed E-state index contributed by atoms with van der Waals surface area (Å²) in [5.41, 5.74) is 0. The van der Waals surface area contributed by atoms with Gasteiger partial charge in [0.1, 0.15) is 13.2 Å². The molecule has 408 valence electrons. The van der Waals surface area contributed by atoms with Crippen molar-refractivity contribution < 1.29 is 28.6 Å². The summed E-state index contributed by atoms with van der Waals surface area (Å²) >= 11 is 0. The molecule has 0 rings (SSSR count). The normalized spacial score (nSPS) is 12.7. The molecule has 0 amide bonds. The highest BCUT2D eigenvalue weighted by molar-refractivity contribution is 5.71. The monoisotopic (exact) mass is 989 g/mol. The average Bonchev–Trinajstić information content (AvgIpc) is 3.37. The van der Waals surface area contributed by atoms with Crippen molar-refractivity contribution in [2.24, 2.45) is 0 Å². The summed E-state index contributed by atoms with van der Waals surface area (Å²) in [5.74, 6) is -0.933. The van der Waals surface area contributed by atoms with Gasteiger partial charge >= 0.3 is 17.9 Å². The van der Waals surface area contributed by atoms with Crippen LogP contribution in [0.15, 0.2) is 85.1 Å². The Hall–Kier alpha value is -3.41. The van der Waals surface area contributed by atoms with E-state index >= 15 is 0 Å². The maximum atomic E-state index is 12.9. The summed E-state index contributed by atoms with van der Waals surface area (Å²) in [4.78, 5) is 38.2. The average molecular weight is 990 g/mol. The molecule has 0 fully saturated rings. The zero-order valence-corrected chi connectivity index (χ0v) is 46.7. The number of hydrogen-bond acceptors (Lipinski definition) is 6. The molecular formula is C65H112O6. The summed E-state index contributed by atoms with van der Waals surface area (Å²) < 4.78 is 16.9. The number of carbonyl (C=O) groups is 3. The Balaban J connectivity index is 4.45. The molecule has 1 atom stereocenters. The first kappa shape index (κ1) is 67.6. The van der Waals surface area contributed by atoms with Gasteiger partial charge in [0, 0.05) is 19.3 Å². The minimum absolute atomic E-state index is 0.0946. The van der Waals surface area contributed by atoms with Gasteiger partial charge in [-0.1, -0.05) is 234 Å². The number of hydrogen-bond donors (Lipinski definition) is 0. The summed E-state index contributed by atoms with van der Waals surface area (Å²) in [6.07, 6.45) is 77.1. The Morgan fingerprint density at radius 1 is 0.282 bits per heavy atom. The summed E-state index contributed by atoms with van der Waals surface area (Å²) in [6.45, 7) is 6.56. The third-order valence-corrected chi connectivity index (χ3v) is 12.8. The van der Waals surface area contributed by atoms with E-state index in [1.54, 1.807) is 0 Å². The highest BCUT2D eigenvalue weighted by Gasteiger charge is 2.19. The highest BCUT2D eigenvalue weighted by atomic mass is 16.6. The fourth-order valence-electron chi connectivity index (χ4n) is 8.27. The fourth-order valence-corrected chi connectivity index (χ4v) is 8.27. The first-order valence-electron chi connectivity index (χ1n) is 30.1. The first-order valence-corrected chi connectivity index (χ1v) is 30.1. The third-order valence-electron chi connectivity index (χ3n) is 12.8. The van der Waals surface area contributed by atoms with Crippen LogP contribution in [0.4, 0.5) is 0 Å². The second-order valence-electron chi connectivity index (χ2n) is 19.9. The van der Waals surface area contributed by atoms with Gasteiger partial charge in [0.25, 0.3) is 0 Å². The topological polar surface area (TPSA) is 78.9 Å². The standard InChI is InChI=1S/C65H112O6/c1-4-7-10-13-16-19-22-25-28-30-32-34-37-40-43-46-49-52-55-58-64(67)70-61-62(60-69-63(66)57-54-51-48-45-42-39-36-27-24-21-18-15-12-9-6-3)71-65(68)59-56-53-50-47-44-41-38-35-33-31-29-26-23-20-17-14-11-8-5-2/h16,18-19,21,25-29,32,34,36,40,43,62H,4-15,17,20,22-24,30-31,33,35,37-39,41-42,44-61H2,1-3H3/b19-16+,21-18+,28-25+,29-26+,34-32+,36-27+,43-40+/t62-/m1/s1. The molecule has 0 unspecified atom stereocenters. The molecule has 0 aliphatic rings. The van der Waals surface area contributed by atoms with Crippen LogP contribution in [0.25, 0.3) is 0 Å². The zero-order chi connectivity index (χ0) is 51.4. The lowest BCUT2D eigenvalue weighted by atomic mass is 10.1. The quantitative estimate of drug-likeness (QED) is 0.0261. The minimum Gasteiger partial charge on any atom is -0.462 e. The zero-order valence-electron chi connectivity index (χ0n) is 46.7. The van der Waals surface area contributed by atoms with E-state index in [2.05, 4.69) is 106 Å². The summed E-state index contributed by atoms with van der Waals surface area (Å²) in [6, 6.07) is 0. The minimum atomic E-state index is -0.798. The number of carbonyl (C=O) groups excluding carboxylic acids is 3. The van der Waals surface area contributed by atoms with Crippen LogP contribution in [0, 0.1) is 0 Å². The van der Waals surface area contributed by atoms with Gasteiger partial charge in [-0.15, -0.1) is 0 Å².